The highest BCUT2D eigenvalue weighted by atomic mass is 19.3. The molecule has 1 heterocycles. The molecule has 0 saturated carbocycles. The van der Waals surface area contributed by atoms with Crippen molar-refractivity contribution in [3.63, 3.8) is 0 Å². The Labute approximate surface area is 169 Å². The smallest absolute Gasteiger partial charge is 0.387 e. The molecule has 6 nitrogen and oxygen atoms in total. The Bertz CT molecular complexity index is 794. The number of benzene rings is 2. The second-order valence-electron chi connectivity index (χ2n) is 7.12. The van der Waals surface area contributed by atoms with E-state index < -0.39 is 6.61 Å². The maximum atomic E-state index is 12.5. The zero-order valence-corrected chi connectivity index (χ0v) is 16.4. The fraction of sp³-hybridized carbons (Fsp3) is 0.381. The number of amides is 1. The molecule has 1 aliphatic heterocycles. The van der Waals surface area contributed by atoms with Crippen LogP contribution in [0.15, 0.2) is 48.5 Å². The summed E-state index contributed by atoms with van der Waals surface area (Å²) in [5.74, 6) is 0.619. The van der Waals surface area contributed by atoms with Crippen LogP contribution in [-0.2, 0) is 11.3 Å². The number of methoxy groups -OCH3 is 1. The molecule has 3 rings (SSSR count). The predicted molar refractivity (Wildman–Crippen MR) is 105 cm³/mol. The number of carbonyl (C=O) groups is 1. The molecule has 0 radical (unpaired) electrons. The lowest BCUT2D eigenvalue weighted by molar-refractivity contribution is -1.02. The Morgan fingerprint density at radius 3 is 2.34 bits per heavy atom. The fourth-order valence-electron chi connectivity index (χ4n) is 3.53. The van der Waals surface area contributed by atoms with Crippen molar-refractivity contribution in [2.24, 2.45) is 0 Å². The Balaban J connectivity index is 1.45. The van der Waals surface area contributed by atoms with Crippen LogP contribution in [0, 0.1) is 0 Å². The summed E-state index contributed by atoms with van der Waals surface area (Å²) in [4.78, 5) is 15.0. The van der Waals surface area contributed by atoms with Gasteiger partial charge >= 0.3 is 6.61 Å². The topological polar surface area (TPSA) is 56.4 Å². The molecule has 0 atom stereocenters. The second-order valence-corrected chi connectivity index (χ2v) is 7.12. The van der Waals surface area contributed by atoms with Crippen LogP contribution in [0.3, 0.4) is 0 Å². The molecular formula is C21H27F2N3O3+2. The van der Waals surface area contributed by atoms with E-state index in [4.69, 9.17) is 4.74 Å². The SMILES string of the molecule is COc1ccc(C[NH+]2CC[NH+](CC(=O)Nc3ccccc3OC(F)F)CC2)cc1. The minimum Gasteiger partial charge on any atom is -0.497 e. The summed E-state index contributed by atoms with van der Waals surface area (Å²) in [5.41, 5.74) is 1.53. The first-order chi connectivity index (χ1) is 14.0. The van der Waals surface area contributed by atoms with Gasteiger partial charge in [-0.3, -0.25) is 4.79 Å². The number of halogens is 2. The first kappa shape index (κ1) is 21.0. The molecule has 29 heavy (non-hydrogen) atoms. The van der Waals surface area contributed by atoms with Crippen LogP contribution in [0.25, 0.3) is 0 Å². The third kappa shape index (κ3) is 6.40. The van der Waals surface area contributed by atoms with E-state index in [0.717, 1.165) is 38.5 Å². The summed E-state index contributed by atoms with van der Waals surface area (Å²) in [6.07, 6.45) is 0. The number of rotatable bonds is 8. The van der Waals surface area contributed by atoms with Crippen LogP contribution >= 0.6 is 0 Å². The van der Waals surface area contributed by atoms with Crippen LogP contribution in [0.5, 0.6) is 11.5 Å². The van der Waals surface area contributed by atoms with Gasteiger partial charge in [-0.2, -0.15) is 8.78 Å². The quantitative estimate of drug-likeness (QED) is 0.587. The highest BCUT2D eigenvalue weighted by Gasteiger charge is 2.25. The Hall–Kier alpha value is -2.71. The van der Waals surface area contributed by atoms with Crippen molar-refractivity contribution in [2.45, 2.75) is 13.2 Å². The van der Waals surface area contributed by atoms with Crippen molar-refractivity contribution in [3.05, 3.63) is 54.1 Å². The highest BCUT2D eigenvalue weighted by molar-refractivity contribution is 5.92. The summed E-state index contributed by atoms with van der Waals surface area (Å²) in [7, 11) is 1.66. The Morgan fingerprint density at radius 2 is 1.69 bits per heavy atom. The van der Waals surface area contributed by atoms with Gasteiger partial charge < -0.3 is 24.6 Å². The summed E-state index contributed by atoms with van der Waals surface area (Å²) < 4.78 is 34.6. The molecule has 1 amide bonds. The largest absolute Gasteiger partial charge is 0.497 e. The van der Waals surface area contributed by atoms with Gasteiger partial charge in [-0.15, -0.1) is 0 Å². The average molecular weight is 407 g/mol. The second kappa shape index (κ2) is 10.2. The first-order valence-corrected chi connectivity index (χ1v) is 9.67. The molecule has 1 aliphatic rings. The van der Waals surface area contributed by atoms with Crippen molar-refractivity contribution in [1.29, 1.82) is 0 Å². The standard InChI is InChI=1S/C21H25F2N3O3/c1-28-17-8-6-16(7-9-17)14-25-10-12-26(13-11-25)15-20(27)24-18-4-2-3-5-19(18)29-21(22)23/h2-9,21H,10-15H2,1H3,(H,24,27)/p+2. The third-order valence-corrected chi connectivity index (χ3v) is 5.07. The van der Waals surface area contributed by atoms with Gasteiger partial charge in [-0.25, -0.2) is 0 Å². The van der Waals surface area contributed by atoms with E-state index in [1.54, 1.807) is 25.3 Å². The van der Waals surface area contributed by atoms with Crippen LogP contribution in [-0.4, -0.2) is 52.4 Å². The number of hydrogen-bond donors (Lipinski definition) is 3. The maximum Gasteiger partial charge on any atom is 0.387 e. The van der Waals surface area contributed by atoms with Crippen molar-refractivity contribution in [3.8, 4) is 11.5 Å². The molecule has 3 N–H and O–H groups in total. The van der Waals surface area contributed by atoms with E-state index in [1.807, 2.05) is 12.1 Å². The molecule has 0 aliphatic carbocycles. The van der Waals surface area contributed by atoms with Crippen LogP contribution in [0.2, 0.25) is 0 Å². The lowest BCUT2D eigenvalue weighted by Crippen LogP contribution is -3.28. The van der Waals surface area contributed by atoms with E-state index >= 15 is 0 Å². The van der Waals surface area contributed by atoms with E-state index in [-0.39, 0.29) is 17.3 Å². The molecule has 1 fully saturated rings. The summed E-state index contributed by atoms with van der Waals surface area (Å²) >= 11 is 0. The normalized spacial score (nSPS) is 19.0. The zero-order valence-electron chi connectivity index (χ0n) is 16.4. The minimum absolute atomic E-state index is 0.0281. The molecule has 0 aromatic heterocycles. The van der Waals surface area contributed by atoms with Crippen molar-refractivity contribution >= 4 is 11.6 Å². The van der Waals surface area contributed by atoms with Gasteiger partial charge in [0.15, 0.2) is 6.54 Å². The molecule has 0 bridgehead atoms. The van der Waals surface area contributed by atoms with Gasteiger partial charge in [-0.05, 0) is 36.4 Å². The molecule has 0 unspecified atom stereocenters. The van der Waals surface area contributed by atoms with Gasteiger partial charge in [0, 0.05) is 5.56 Å². The summed E-state index contributed by atoms with van der Waals surface area (Å²) in [6.45, 7) is 2.03. The van der Waals surface area contributed by atoms with E-state index in [9.17, 15) is 13.6 Å². The molecule has 156 valence electrons. The van der Waals surface area contributed by atoms with Crippen LogP contribution in [0.1, 0.15) is 5.56 Å². The first-order valence-electron chi connectivity index (χ1n) is 9.67. The summed E-state index contributed by atoms with van der Waals surface area (Å²) in [5, 5.41) is 2.69. The molecular weight excluding hydrogens is 380 g/mol. The fourth-order valence-corrected chi connectivity index (χ4v) is 3.53. The van der Waals surface area contributed by atoms with Gasteiger partial charge in [0.05, 0.1) is 12.8 Å². The molecule has 2 aromatic rings. The monoisotopic (exact) mass is 407 g/mol. The molecule has 8 heteroatoms. The highest BCUT2D eigenvalue weighted by Crippen LogP contribution is 2.25. The van der Waals surface area contributed by atoms with E-state index in [0.29, 0.717) is 6.54 Å². The number of nitrogens with one attached hydrogen (secondary N) is 3. The lowest BCUT2D eigenvalue weighted by atomic mass is 10.2. The lowest BCUT2D eigenvalue weighted by Gasteiger charge is -2.29. The van der Waals surface area contributed by atoms with Gasteiger partial charge in [0.25, 0.3) is 5.91 Å². The number of quaternary nitrogens is 2. The predicted octanol–water partition coefficient (Wildman–Crippen LogP) is 0.219. The van der Waals surface area contributed by atoms with Crippen molar-refractivity contribution in [1.82, 2.24) is 0 Å². The number of carbonyl (C=O) groups excluding carboxylic acids is 1. The molecule has 1 saturated heterocycles. The van der Waals surface area contributed by atoms with Crippen molar-refractivity contribution in [2.75, 3.05) is 45.2 Å². The Morgan fingerprint density at radius 1 is 1.03 bits per heavy atom. The van der Waals surface area contributed by atoms with E-state index in [2.05, 4.69) is 22.2 Å². The number of anilines is 1. The Kier molecular flexibility index (Phi) is 7.37. The van der Waals surface area contributed by atoms with Crippen LogP contribution in [0.4, 0.5) is 14.5 Å². The number of hydrogen-bond acceptors (Lipinski definition) is 3. The average Bonchev–Trinajstić information content (AvgIpc) is 2.71. The van der Waals surface area contributed by atoms with Gasteiger partial charge in [-0.1, -0.05) is 12.1 Å². The van der Waals surface area contributed by atoms with Gasteiger partial charge in [0.2, 0.25) is 0 Å². The van der Waals surface area contributed by atoms with Crippen molar-refractivity contribution < 1.29 is 32.8 Å². The van der Waals surface area contributed by atoms with Gasteiger partial charge in [0.1, 0.15) is 44.2 Å². The molecule has 2 aromatic carbocycles. The third-order valence-electron chi connectivity index (χ3n) is 5.07. The maximum absolute atomic E-state index is 12.5. The number of piperazine rings is 1. The van der Waals surface area contributed by atoms with E-state index in [1.165, 1.54) is 21.4 Å². The zero-order chi connectivity index (χ0) is 20.6. The number of para-hydroxylation sites is 2. The molecule has 0 spiro atoms. The number of ether oxygens (including phenoxy) is 2. The minimum atomic E-state index is -2.93. The van der Waals surface area contributed by atoms with Crippen LogP contribution < -0.4 is 24.6 Å². The summed E-state index contributed by atoms with van der Waals surface area (Å²) in [6, 6.07) is 14.3. The number of alkyl halides is 2.